The summed E-state index contributed by atoms with van der Waals surface area (Å²) >= 11 is 0. The quantitative estimate of drug-likeness (QED) is 0.257. The van der Waals surface area contributed by atoms with E-state index in [0.717, 1.165) is 21.3 Å². The van der Waals surface area contributed by atoms with Crippen LogP contribution in [0.2, 0.25) is 0 Å². The summed E-state index contributed by atoms with van der Waals surface area (Å²) in [5.74, 6) is 1.18. The lowest BCUT2D eigenvalue weighted by molar-refractivity contribution is -0.143. The van der Waals surface area contributed by atoms with Gasteiger partial charge in [-0.15, -0.1) is 0 Å². The number of alkyl halides is 3. The van der Waals surface area contributed by atoms with Gasteiger partial charge in [0.05, 0.1) is 35.0 Å². The lowest BCUT2D eigenvalue weighted by Crippen LogP contribution is -2.17. The first-order valence-corrected chi connectivity index (χ1v) is 14.9. The van der Waals surface area contributed by atoms with Gasteiger partial charge in [-0.1, -0.05) is 0 Å². The van der Waals surface area contributed by atoms with Gasteiger partial charge in [-0.05, 0) is 50.2 Å². The maximum Gasteiger partial charge on any atom is 0.433 e. The van der Waals surface area contributed by atoms with Crippen LogP contribution in [0.3, 0.4) is 0 Å². The van der Waals surface area contributed by atoms with E-state index in [9.17, 15) is 26.7 Å². The maximum atomic E-state index is 13.5. The maximum absolute atomic E-state index is 13.5. The van der Waals surface area contributed by atoms with Crippen molar-refractivity contribution in [1.29, 1.82) is 0 Å². The number of aliphatic hydroxyl groups is 1. The summed E-state index contributed by atoms with van der Waals surface area (Å²) in [5.41, 5.74) is 0.550. The fourth-order valence-corrected chi connectivity index (χ4v) is 6.48. The molecule has 4 aromatic rings. The first-order chi connectivity index (χ1) is 20.0. The zero-order chi connectivity index (χ0) is 29.6. The molecule has 16 heteroatoms. The molecule has 42 heavy (non-hydrogen) atoms. The Morgan fingerprint density at radius 1 is 1.10 bits per heavy atom. The molecule has 0 aliphatic heterocycles. The number of rotatable bonds is 9. The average Bonchev–Trinajstić information content (AvgIpc) is 3.33. The van der Waals surface area contributed by atoms with Gasteiger partial charge in [-0.2, -0.15) is 27.5 Å². The Kier molecular flexibility index (Phi) is 7.12. The van der Waals surface area contributed by atoms with Crippen molar-refractivity contribution in [3.8, 4) is 22.6 Å². The summed E-state index contributed by atoms with van der Waals surface area (Å²) in [6.45, 7) is 0.512. The van der Waals surface area contributed by atoms with Gasteiger partial charge in [0.25, 0.3) is 10.0 Å². The monoisotopic (exact) mass is 603 g/mol. The number of nitrogens with one attached hydrogen (secondary N) is 2. The Hall–Kier alpha value is -4.05. The third-order valence-corrected chi connectivity index (χ3v) is 9.42. The minimum Gasteiger partial charge on any atom is -0.393 e. The molecular formula is C26H28F3N9O3S. The van der Waals surface area contributed by atoms with E-state index >= 15 is 0 Å². The number of aliphatic hydroxyl groups excluding tert-OH is 1. The van der Waals surface area contributed by atoms with Crippen molar-refractivity contribution < 1.29 is 26.7 Å². The minimum atomic E-state index is -4.56. The zero-order valence-electron chi connectivity index (χ0n) is 22.5. The number of pyridine rings is 1. The van der Waals surface area contributed by atoms with Crippen LogP contribution in [0.5, 0.6) is 0 Å². The van der Waals surface area contributed by atoms with E-state index in [-0.39, 0.29) is 23.5 Å². The molecule has 2 aliphatic carbocycles. The number of aryl methyl sites for hydroxylation is 1. The Morgan fingerprint density at radius 3 is 2.60 bits per heavy atom. The van der Waals surface area contributed by atoms with Crippen LogP contribution < -0.4 is 10.6 Å². The van der Waals surface area contributed by atoms with Crippen LogP contribution in [0, 0.1) is 5.92 Å². The molecule has 2 saturated carbocycles. The molecule has 2 fully saturated rings. The van der Waals surface area contributed by atoms with Gasteiger partial charge in [-0.3, -0.25) is 4.68 Å². The fourth-order valence-electron chi connectivity index (χ4n) is 5.00. The summed E-state index contributed by atoms with van der Waals surface area (Å²) < 4.78 is 67.1. The summed E-state index contributed by atoms with van der Waals surface area (Å²) in [6.07, 6.45) is 4.19. The highest BCUT2D eigenvalue weighted by molar-refractivity contribution is 7.90. The second-order valence-corrected chi connectivity index (χ2v) is 12.7. The lowest BCUT2D eigenvalue weighted by atomic mass is 10.1. The Balaban J connectivity index is 1.27. The van der Waals surface area contributed by atoms with Gasteiger partial charge < -0.3 is 15.7 Å². The molecule has 2 aliphatic rings. The van der Waals surface area contributed by atoms with Crippen molar-refractivity contribution in [2.24, 2.45) is 13.0 Å². The van der Waals surface area contributed by atoms with E-state index in [2.05, 4.69) is 35.8 Å². The van der Waals surface area contributed by atoms with Gasteiger partial charge in [0.15, 0.2) is 5.82 Å². The number of nitrogens with zero attached hydrogens (tertiary/aromatic N) is 7. The van der Waals surface area contributed by atoms with Crippen LogP contribution in [-0.2, 0) is 23.2 Å². The average molecular weight is 604 g/mol. The van der Waals surface area contributed by atoms with Crippen LogP contribution in [0.25, 0.3) is 22.6 Å². The third kappa shape index (κ3) is 5.81. The van der Waals surface area contributed by atoms with Gasteiger partial charge in [0.2, 0.25) is 0 Å². The summed E-state index contributed by atoms with van der Waals surface area (Å²) in [7, 11) is -2.30. The van der Waals surface area contributed by atoms with Gasteiger partial charge in [-0.25, -0.2) is 23.4 Å². The number of anilines is 3. The molecule has 0 bridgehead atoms. The highest BCUT2D eigenvalue weighted by Crippen LogP contribution is 2.36. The molecule has 0 unspecified atom stereocenters. The molecule has 222 valence electrons. The van der Waals surface area contributed by atoms with Gasteiger partial charge in [0.1, 0.15) is 17.3 Å². The normalized spacial score (nSPS) is 19.3. The topological polar surface area (TPSA) is 153 Å². The van der Waals surface area contributed by atoms with Crippen LogP contribution >= 0.6 is 0 Å². The molecule has 0 amide bonds. The summed E-state index contributed by atoms with van der Waals surface area (Å²) in [4.78, 5) is 13.1. The number of halogens is 3. The van der Waals surface area contributed by atoms with Crippen molar-refractivity contribution in [2.45, 2.75) is 49.6 Å². The first-order valence-electron chi connectivity index (χ1n) is 13.4. The Morgan fingerprint density at radius 2 is 1.90 bits per heavy atom. The number of hydrogen-bond acceptors (Lipinski definition) is 10. The highest BCUT2D eigenvalue weighted by Gasteiger charge is 2.38. The van der Waals surface area contributed by atoms with Gasteiger partial charge in [0, 0.05) is 43.3 Å². The van der Waals surface area contributed by atoms with E-state index in [1.807, 2.05) is 0 Å². The minimum absolute atomic E-state index is 0.111. The van der Waals surface area contributed by atoms with Crippen molar-refractivity contribution in [2.75, 3.05) is 17.2 Å². The molecule has 0 saturated heterocycles. The van der Waals surface area contributed by atoms with E-state index < -0.39 is 27.1 Å². The second-order valence-electron chi connectivity index (χ2n) is 10.6. The van der Waals surface area contributed by atoms with E-state index in [1.54, 1.807) is 12.1 Å². The van der Waals surface area contributed by atoms with Crippen LogP contribution in [-0.4, -0.2) is 65.3 Å². The van der Waals surface area contributed by atoms with Gasteiger partial charge >= 0.3 is 6.18 Å². The number of hydrogen-bond donors (Lipinski definition) is 3. The van der Waals surface area contributed by atoms with E-state index in [4.69, 9.17) is 0 Å². The van der Waals surface area contributed by atoms with E-state index in [1.165, 1.54) is 31.8 Å². The molecule has 4 heterocycles. The summed E-state index contributed by atoms with van der Waals surface area (Å²) in [5, 5.41) is 23.9. The predicted octanol–water partition coefficient (Wildman–Crippen LogP) is 3.81. The van der Waals surface area contributed by atoms with Crippen LogP contribution in [0.4, 0.5) is 30.5 Å². The van der Waals surface area contributed by atoms with Crippen molar-refractivity contribution >= 4 is 27.3 Å². The second kappa shape index (κ2) is 10.7. The van der Waals surface area contributed by atoms with Crippen LogP contribution in [0.1, 0.15) is 37.8 Å². The lowest BCUT2D eigenvalue weighted by Gasteiger charge is -2.16. The molecule has 4 aromatic heterocycles. The molecule has 0 aromatic carbocycles. The van der Waals surface area contributed by atoms with Crippen molar-refractivity contribution in [3.05, 3.63) is 48.7 Å². The Labute approximate surface area is 239 Å². The standard InChI is InChI=1S/C26H28F3N9O3S/c1-37-22(26(27,28)29)9-21(36-37)19-13-32-24(10-20(19)31-11-15-2-3-17(39)8-15)34-23-6-7-30-25(35-23)16-12-33-38(14-16)42(40,41)18-4-5-18/h6-7,9-10,12-15,17-18,39H,2-5,8,11H2,1H3,(H2,30,31,32,34,35)/t15-,17+/m0/s1. The van der Waals surface area contributed by atoms with E-state index in [0.29, 0.717) is 60.7 Å². The van der Waals surface area contributed by atoms with Crippen molar-refractivity contribution in [3.63, 3.8) is 0 Å². The fraction of sp³-hybridized carbons (Fsp3) is 0.423. The predicted molar refractivity (Wildman–Crippen MR) is 147 cm³/mol. The highest BCUT2D eigenvalue weighted by atomic mass is 32.2. The third-order valence-electron chi connectivity index (χ3n) is 7.38. The molecule has 3 N–H and O–H groups in total. The Bertz CT molecular complexity index is 1720. The molecule has 2 atom stereocenters. The molecule has 6 rings (SSSR count). The molecule has 12 nitrogen and oxygen atoms in total. The largest absolute Gasteiger partial charge is 0.433 e. The zero-order valence-corrected chi connectivity index (χ0v) is 23.3. The summed E-state index contributed by atoms with van der Waals surface area (Å²) in [6, 6.07) is 4.24. The SMILES string of the molecule is Cn1nc(-c2cnc(Nc3ccnc(-c4cnn(S(=O)(=O)C5CC5)c4)n3)cc2NC[C@H]2CC[C@@H](O)C2)cc1C(F)(F)F. The van der Waals surface area contributed by atoms with Crippen LogP contribution in [0.15, 0.2) is 43.0 Å². The van der Waals surface area contributed by atoms with Crippen molar-refractivity contribution in [1.82, 2.24) is 33.9 Å². The molecular weight excluding hydrogens is 575 g/mol. The molecule has 0 spiro atoms. The number of aromatic nitrogens is 7. The first kappa shape index (κ1) is 28.1. The molecule has 0 radical (unpaired) electrons. The smallest absolute Gasteiger partial charge is 0.393 e.